The van der Waals surface area contributed by atoms with Gasteiger partial charge in [-0.3, -0.25) is 4.68 Å². The van der Waals surface area contributed by atoms with E-state index in [0.717, 1.165) is 12.8 Å². The summed E-state index contributed by atoms with van der Waals surface area (Å²) < 4.78 is 69.5. The molecule has 5 aromatic rings. The summed E-state index contributed by atoms with van der Waals surface area (Å²) in [6, 6.07) is 5.20. The van der Waals surface area contributed by atoms with Gasteiger partial charge in [0.05, 0.1) is 16.4 Å². The molecule has 2 aliphatic rings. The molecule has 1 N–H and O–H groups in total. The maximum atomic E-state index is 17.5. The molecule has 8 nitrogen and oxygen atoms in total. The molecule has 2 aromatic heterocycles. The lowest BCUT2D eigenvalue weighted by Crippen LogP contribution is -2.33. The fourth-order valence-corrected chi connectivity index (χ4v) is 7.53. The van der Waals surface area contributed by atoms with E-state index in [0.29, 0.717) is 46.9 Å². The Balaban J connectivity index is 1.52. The molecule has 0 radical (unpaired) electrons. The van der Waals surface area contributed by atoms with Crippen molar-refractivity contribution in [3.05, 3.63) is 47.7 Å². The van der Waals surface area contributed by atoms with Gasteiger partial charge in [-0.1, -0.05) is 25.8 Å². The highest BCUT2D eigenvalue weighted by Crippen LogP contribution is 2.60. The molecule has 2 unspecified atom stereocenters. The smallest absolute Gasteiger partial charge is 0.319 e. The molecule has 0 spiro atoms. The van der Waals surface area contributed by atoms with E-state index in [4.69, 9.17) is 16.1 Å². The van der Waals surface area contributed by atoms with Crippen molar-refractivity contribution < 1.29 is 27.4 Å². The van der Waals surface area contributed by atoms with Gasteiger partial charge in [0.25, 0.3) is 5.92 Å². The Morgan fingerprint density at radius 1 is 1.06 bits per heavy atom. The number of hydrogen-bond acceptors (Lipinski definition) is 7. The quantitative estimate of drug-likeness (QED) is 0.145. The van der Waals surface area contributed by atoms with Gasteiger partial charge in [0.15, 0.2) is 5.82 Å². The first kappa shape index (κ1) is 32.9. The van der Waals surface area contributed by atoms with Crippen LogP contribution in [0.4, 0.5) is 23.4 Å². The highest BCUT2D eigenvalue weighted by atomic mass is 19.3. The lowest BCUT2D eigenvalue weighted by molar-refractivity contribution is 0.0288. The number of aryl methyl sites for hydroxylation is 1. The Labute approximate surface area is 281 Å². The SMILES string of the molecule is C#Cc1c(F)ccc2cc(O)cc(-c3c(F)c4nc(OC[C@]5(CN(C)C)CC5(F)F)nc(N5CC(C)CCC(C)C5)c4c4cn(C)nc34)c12. The lowest BCUT2D eigenvalue weighted by atomic mass is 9.91. The summed E-state index contributed by atoms with van der Waals surface area (Å²) in [5.74, 6) is -1.18. The number of aromatic nitrogens is 4. The minimum Gasteiger partial charge on any atom is -0.508 e. The molecule has 3 heterocycles. The number of rotatable bonds is 7. The minimum atomic E-state index is -2.92. The minimum absolute atomic E-state index is 0.0443. The molecule has 0 bridgehead atoms. The second-order valence-electron chi connectivity index (χ2n) is 14.3. The van der Waals surface area contributed by atoms with Crippen LogP contribution in [-0.2, 0) is 7.05 Å². The zero-order valence-corrected chi connectivity index (χ0v) is 28.1. The standard InChI is InChI=1S/C37H38F4N6O2/c1-7-24-27(38)11-10-22-12-23(48)13-25(28(22)24)29-31(39)33-30(26-16-46(6)44-32(26)29)34(47-14-20(2)8-9-21(3)15-47)43-35(42-33)49-19-36(18-45(4)5)17-37(36,40)41/h1,10-13,16,20-21,48H,8-9,14-15,17-19H2,2-6H3/t20?,21?,36-/m1/s1. The van der Waals surface area contributed by atoms with Crippen molar-refractivity contribution >= 4 is 38.4 Å². The summed E-state index contributed by atoms with van der Waals surface area (Å²) in [7, 11) is 5.15. The van der Waals surface area contributed by atoms with Gasteiger partial charge in [0.1, 0.15) is 35.0 Å². The van der Waals surface area contributed by atoms with E-state index in [2.05, 4.69) is 34.8 Å². The molecule has 49 heavy (non-hydrogen) atoms. The van der Waals surface area contributed by atoms with E-state index in [1.54, 1.807) is 36.9 Å². The second-order valence-corrected chi connectivity index (χ2v) is 14.3. The number of phenolic OH excluding ortho intramolecular Hbond substituents is 1. The summed E-state index contributed by atoms with van der Waals surface area (Å²) in [4.78, 5) is 13.2. The molecule has 7 rings (SSSR count). The van der Waals surface area contributed by atoms with Gasteiger partial charge in [-0.25, -0.2) is 17.6 Å². The van der Waals surface area contributed by atoms with Crippen LogP contribution < -0.4 is 9.64 Å². The first-order valence-electron chi connectivity index (χ1n) is 16.4. The maximum absolute atomic E-state index is 17.5. The zero-order chi connectivity index (χ0) is 35.0. The van der Waals surface area contributed by atoms with Gasteiger partial charge in [-0.05, 0) is 67.9 Å². The number of hydrogen-bond donors (Lipinski definition) is 1. The lowest BCUT2D eigenvalue weighted by Gasteiger charge is -2.28. The number of terminal acetylenes is 1. The largest absolute Gasteiger partial charge is 0.508 e. The molecule has 3 atom stereocenters. The number of aromatic hydroxyl groups is 1. The van der Waals surface area contributed by atoms with Crippen LogP contribution in [0.25, 0.3) is 43.7 Å². The Hall–Kier alpha value is -4.63. The molecular formula is C37H38F4N6O2. The third-order valence-electron chi connectivity index (χ3n) is 9.92. The number of halogens is 4. The normalized spacial score (nSPS) is 22.2. The van der Waals surface area contributed by atoms with E-state index < -0.39 is 23.0 Å². The van der Waals surface area contributed by atoms with Crippen molar-refractivity contribution in [3.63, 3.8) is 0 Å². The van der Waals surface area contributed by atoms with Crippen LogP contribution in [0, 0.1) is 41.2 Å². The second kappa shape index (κ2) is 11.8. The summed E-state index contributed by atoms with van der Waals surface area (Å²) >= 11 is 0. The van der Waals surface area contributed by atoms with Crippen LogP contribution >= 0.6 is 0 Å². The van der Waals surface area contributed by atoms with Gasteiger partial charge in [0, 0.05) is 55.6 Å². The van der Waals surface area contributed by atoms with E-state index in [9.17, 15) is 13.9 Å². The number of alkyl halides is 2. The predicted octanol–water partition coefficient (Wildman–Crippen LogP) is 7.14. The Kier molecular flexibility index (Phi) is 7.89. The molecule has 2 fully saturated rings. The summed E-state index contributed by atoms with van der Waals surface area (Å²) in [5.41, 5.74) is -1.30. The molecule has 3 aromatic carbocycles. The molecule has 1 aliphatic carbocycles. The van der Waals surface area contributed by atoms with Crippen LogP contribution in [0.2, 0.25) is 0 Å². The van der Waals surface area contributed by atoms with E-state index in [-0.39, 0.29) is 64.4 Å². The van der Waals surface area contributed by atoms with Gasteiger partial charge in [-0.15, -0.1) is 6.42 Å². The maximum Gasteiger partial charge on any atom is 0.319 e. The monoisotopic (exact) mass is 674 g/mol. The van der Waals surface area contributed by atoms with Gasteiger partial charge in [-0.2, -0.15) is 15.1 Å². The van der Waals surface area contributed by atoms with E-state index in [1.165, 1.54) is 24.3 Å². The molecule has 12 heteroatoms. The summed E-state index contributed by atoms with van der Waals surface area (Å²) in [6.07, 6.45) is 9.17. The van der Waals surface area contributed by atoms with Crippen LogP contribution in [0.5, 0.6) is 11.8 Å². The molecule has 1 saturated heterocycles. The molecule has 1 aliphatic heterocycles. The first-order chi connectivity index (χ1) is 23.2. The van der Waals surface area contributed by atoms with Crippen molar-refractivity contribution in [1.82, 2.24) is 24.6 Å². The van der Waals surface area contributed by atoms with Crippen molar-refractivity contribution in [2.45, 2.75) is 39.0 Å². The van der Waals surface area contributed by atoms with Crippen molar-refractivity contribution in [1.29, 1.82) is 0 Å². The van der Waals surface area contributed by atoms with Crippen molar-refractivity contribution in [2.24, 2.45) is 24.3 Å². The fraction of sp³-hybridized carbons (Fsp3) is 0.432. The third kappa shape index (κ3) is 5.58. The average molecular weight is 675 g/mol. The van der Waals surface area contributed by atoms with Crippen molar-refractivity contribution in [3.8, 4) is 35.2 Å². The fourth-order valence-electron chi connectivity index (χ4n) is 7.53. The number of fused-ring (bicyclic) bond motifs is 4. The van der Waals surface area contributed by atoms with Gasteiger partial charge < -0.3 is 19.6 Å². The van der Waals surface area contributed by atoms with Crippen LogP contribution in [-0.4, -0.2) is 76.0 Å². The topological polar surface area (TPSA) is 79.5 Å². The zero-order valence-electron chi connectivity index (χ0n) is 28.1. The molecule has 256 valence electrons. The number of ether oxygens (including phenoxy) is 1. The number of phenols is 1. The molecule has 0 amide bonds. The number of nitrogens with zero attached hydrogens (tertiary/aromatic N) is 6. The Morgan fingerprint density at radius 3 is 2.39 bits per heavy atom. The summed E-state index contributed by atoms with van der Waals surface area (Å²) in [5, 5.41) is 17.0. The highest BCUT2D eigenvalue weighted by molar-refractivity contribution is 6.18. The van der Waals surface area contributed by atoms with Crippen LogP contribution in [0.15, 0.2) is 30.5 Å². The molecular weight excluding hydrogens is 636 g/mol. The first-order valence-corrected chi connectivity index (χ1v) is 16.4. The Morgan fingerprint density at radius 2 is 1.76 bits per heavy atom. The summed E-state index contributed by atoms with van der Waals surface area (Å²) in [6.45, 7) is 5.30. The Bertz CT molecular complexity index is 2160. The molecule has 1 saturated carbocycles. The third-order valence-corrected chi connectivity index (χ3v) is 9.92. The van der Waals surface area contributed by atoms with Crippen LogP contribution in [0.1, 0.15) is 38.7 Å². The predicted molar refractivity (Wildman–Crippen MR) is 182 cm³/mol. The number of benzene rings is 3. The average Bonchev–Trinajstić information content (AvgIpc) is 3.42. The number of anilines is 1. The highest BCUT2D eigenvalue weighted by Gasteiger charge is 2.71. The van der Waals surface area contributed by atoms with E-state index >= 15 is 8.78 Å². The van der Waals surface area contributed by atoms with Crippen LogP contribution in [0.3, 0.4) is 0 Å². The van der Waals surface area contributed by atoms with E-state index in [1.807, 2.05) is 0 Å². The van der Waals surface area contributed by atoms with Gasteiger partial charge >= 0.3 is 6.01 Å². The van der Waals surface area contributed by atoms with Gasteiger partial charge in [0.2, 0.25) is 0 Å². The van der Waals surface area contributed by atoms with Crippen molar-refractivity contribution in [2.75, 3.05) is 45.2 Å².